The summed E-state index contributed by atoms with van der Waals surface area (Å²) in [6.07, 6.45) is 0. The van der Waals surface area contributed by atoms with Gasteiger partial charge in [0.1, 0.15) is 11.9 Å². The molecular formula is C13H9ClIN3. The van der Waals surface area contributed by atoms with Crippen LogP contribution in [0.15, 0.2) is 30.3 Å². The average Bonchev–Trinajstić information content (AvgIpc) is 2.34. The molecule has 1 heterocycles. The van der Waals surface area contributed by atoms with Gasteiger partial charge in [-0.2, -0.15) is 5.26 Å². The molecule has 0 radical (unpaired) electrons. The van der Waals surface area contributed by atoms with Crippen molar-refractivity contribution in [2.75, 3.05) is 5.32 Å². The molecular weight excluding hydrogens is 361 g/mol. The van der Waals surface area contributed by atoms with E-state index in [4.69, 9.17) is 16.9 Å². The number of nitriles is 1. The van der Waals surface area contributed by atoms with E-state index < -0.39 is 0 Å². The molecule has 2 aromatic rings. The summed E-state index contributed by atoms with van der Waals surface area (Å²) < 4.78 is 1.06. The van der Waals surface area contributed by atoms with Crippen LogP contribution in [-0.2, 0) is 0 Å². The third kappa shape index (κ3) is 2.92. The van der Waals surface area contributed by atoms with Crippen LogP contribution in [0.5, 0.6) is 0 Å². The van der Waals surface area contributed by atoms with Crippen LogP contribution in [0.4, 0.5) is 11.5 Å². The molecule has 0 unspecified atom stereocenters. The van der Waals surface area contributed by atoms with Crippen molar-refractivity contribution in [3.8, 4) is 6.07 Å². The van der Waals surface area contributed by atoms with Gasteiger partial charge in [-0.25, -0.2) is 4.98 Å². The molecule has 18 heavy (non-hydrogen) atoms. The van der Waals surface area contributed by atoms with Crippen LogP contribution in [0.1, 0.15) is 11.3 Å². The van der Waals surface area contributed by atoms with Gasteiger partial charge < -0.3 is 5.32 Å². The number of aromatic nitrogens is 1. The van der Waals surface area contributed by atoms with Crippen LogP contribution in [0.3, 0.4) is 0 Å². The maximum atomic E-state index is 9.05. The first-order valence-corrected chi connectivity index (χ1v) is 6.65. The monoisotopic (exact) mass is 369 g/mol. The number of pyridine rings is 1. The Bertz CT molecular complexity index is 635. The van der Waals surface area contributed by atoms with E-state index in [9.17, 15) is 0 Å². The first kappa shape index (κ1) is 13.1. The van der Waals surface area contributed by atoms with E-state index in [1.54, 1.807) is 12.1 Å². The van der Waals surface area contributed by atoms with E-state index in [0.717, 1.165) is 15.0 Å². The Morgan fingerprint density at radius 1 is 1.33 bits per heavy atom. The predicted octanol–water partition coefficient (Wildman–Crippen LogP) is 4.26. The Kier molecular flexibility index (Phi) is 4.04. The summed E-state index contributed by atoms with van der Waals surface area (Å²) in [5.74, 6) is 0.529. The zero-order valence-electron chi connectivity index (χ0n) is 9.54. The second kappa shape index (κ2) is 5.55. The zero-order valence-corrected chi connectivity index (χ0v) is 12.5. The number of rotatable bonds is 2. The van der Waals surface area contributed by atoms with E-state index >= 15 is 0 Å². The maximum absolute atomic E-state index is 9.05. The minimum atomic E-state index is 0.496. The molecule has 0 saturated carbocycles. The largest absolute Gasteiger partial charge is 0.338 e. The van der Waals surface area contributed by atoms with E-state index in [1.165, 1.54) is 0 Å². The topological polar surface area (TPSA) is 48.7 Å². The standard InChI is InChI=1S/C13H9ClIN3/c1-8-2-3-9(7-16)13(17-8)18-12-6-10(15)4-5-11(12)14/h2-6H,1H3,(H,17,18). The van der Waals surface area contributed by atoms with Crippen LogP contribution in [0.25, 0.3) is 0 Å². The highest BCUT2D eigenvalue weighted by Crippen LogP contribution is 2.27. The Morgan fingerprint density at radius 3 is 2.83 bits per heavy atom. The van der Waals surface area contributed by atoms with E-state index in [0.29, 0.717) is 16.4 Å². The minimum Gasteiger partial charge on any atom is -0.338 e. The molecule has 0 aliphatic carbocycles. The molecule has 5 heteroatoms. The highest BCUT2D eigenvalue weighted by molar-refractivity contribution is 14.1. The predicted molar refractivity (Wildman–Crippen MR) is 81.1 cm³/mol. The van der Waals surface area contributed by atoms with Gasteiger partial charge in [-0.05, 0) is 59.8 Å². The second-order valence-corrected chi connectivity index (χ2v) is 5.36. The smallest absolute Gasteiger partial charge is 0.148 e. The lowest BCUT2D eigenvalue weighted by Gasteiger charge is -2.10. The van der Waals surface area contributed by atoms with Gasteiger partial charge in [0.05, 0.1) is 16.3 Å². The molecule has 0 aliphatic rings. The van der Waals surface area contributed by atoms with E-state index in [2.05, 4.69) is 39.0 Å². The van der Waals surface area contributed by atoms with Crippen LogP contribution in [0, 0.1) is 21.8 Å². The fraction of sp³-hybridized carbons (Fsp3) is 0.0769. The van der Waals surface area contributed by atoms with Crippen LogP contribution >= 0.6 is 34.2 Å². The molecule has 1 N–H and O–H groups in total. The first-order chi connectivity index (χ1) is 8.60. The summed E-state index contributed by atoms with van der Waals surface area (Å²) in [7, 11) is 0. The molecule has 0 amide bonds. The van der Waals surface area contributed by atoms with Gasteiger partial charge in [0.25, 0.3) is 0 Å². The highest BCUT2D eigenvalue weighted by Gasteiger charge is 2.07. The van der Waals surface area contributed by atoms with Crippen LogP contribution in [0.2, 0.25) is 5.02 Å². The third-order valence-electron chi connectivity index (χ3n) is 2.34. The van der Waals surface area contributed by atoms with E-state index in [-0.39, 0.29) is 0 Å². The van der Waals surface area contributed by atoms with E-state index in [1.807, 2.05) is 25.1 Å². The molecule has 3 nitrogen and oxygen atoms in total. The van der Waals surface area contributed by atoms with Crippen molar-refractivity contribution in [1.29, 1.82) is 5.26 Å². The Labute approximate surface area is 124 Å². The number of anilines is 2. The number of halogens is 2. The Hall–Kier alpha value is -1.32. The number of aryl methyl sites for hydroxylation is 1. The summed E-state index contributed by atoms with van der Waals surface area (Å²) in [5.41, 5.74) is 2.09. The average molecular weight is 370 g/mol. The Balaban J connectivity index is 2.43. The summed E-state index contributed by atoms with van der Waals surface area (Å²) >= 11 is 8.31. The second-order valence-electron chi connectivity index (χ2n) is 3.71. The van der Waals surface area contributed by atoms with Crippen molar-refractivity contribution < 1.29 is 0 Å². The molecule has 0 bridgehead atoms. The summed E-state index contributed by atoms with van der Waals surface area (Å²) in [5, 5.41) is 12.7. The summed E-state index contributed by atoms with van der Waals surface area (Å²) in [6.45, 7) is 1.88. The lowest BCUT2D eigenvalue weighted by Crippen LogP contribution is -1.99. The van der Waals surface area contributed by atoms with Gasteiger partial charge in [0.2, 0.25) is 0 Å². The lowest BCUT2D eigenvalue weighted by molar-refractivity contribution is 1.19. The van der Waals surface area contributed by atoms with Crippen molar-refractivity contribution in [3.05, 3.63) is 50.2 Å². The molecule has 1 aromatic heterocycles. The third-order valence-corrected chi connectivity index (χ3v) is 3.34. The van der Waals surface area contributed by atoms with Crippen molar-refractivity contribution in [2.45, 2.75) is 6.92 Å². The van der Waals surface area contributed by atoms with Crippen molar-refractivity contribution >= 4 is 45.7 Å². The zero-order chi connectivity index (χ0) is 13.1. The number of hydrogen-bond acceptors (Lipinski definition) is 3. The number of hydrogen-bond donors (Lipinski definition) is 1. The maximum Gasteiger partial charge on any atom is 0.148 e. The lowest BCUT2D eigenvalue weighted by atomic mass is 10.2. The summed E-state index contributed by atoms with van der Waals surface area (Å²) in [6, 6.07) is 11.3. The van der Waals surface area contributed by atoms with Gasteiger partial charge in [0, 0.05) is 9.26 Å². The van der Waals surface area contributed by atoms with Gasteiger partial charge >= 0.3 is 0 Å². The molecule has 1 aromatic carbocycles. The Morgan fingerprint density at radius 2 is 2.11 bits per heavy atom. The molecule has 0 fully saturated rings. The molecule has 0 saturated heterocycles. The molecule has 2 rings (SSSR count). The molecule has 0 spiro atoms. The highest BCUT2D eigenvalue weighted by atomic mass is 127. The van der Waals surface area contributed by atoms with Crippen molar-refractivity contribution in [2.24, 2.45) is 0 Å². The molecule has 0 aliphatic heterocycles. The number of nitrogens with zero attached hydrogens (tertiary/aromatic N) is 2. The van der Waals surface area contributed by atoms with Gasteiger partial charge in [-0.3, -0.25) is 0 Å². The normalized spacial score (nSPS) is 9.89. The first-order valence-electron chi connectivity index (χ1n) is 5.20. The fourth-order valence-corrected chi connectivity index (χ4v) is 2.12. The van der Waals surface area contributed by atoms with Crippen molar-refractivity contribution in [3.63, 3.8) is 0 Å². The number of nitrogens with one attached hydrogen (secondary N) is 1. The van der Waals surface area contributed by atoms with Gasteiger partial charge in [-0.1, -0.05) is 11.6 Å². The van der Waals surface area contributed by atoms with Crippen molar-refractivity contribution in [1.82, 2.24) is 4.98 Å². The minimum absolute atomic E-state index is 0.496. The fourth-order valence-electron chi connectivity index (χ4n) is 1.46. The summed E-state index contributed by atoms with van der Waals surface area (Å²) in [4.78, 5) is 4.32. The van der Waals surface area contributed by atoms with Crippen LogP contribution in [-0.4, -0.2) is 4.98 Å². The molecule has 0 atom stereocenters. The van der Waals surface area contributed by atoms with Crippen LogP contribution < -0.4 is 5.32 Å². The van der Waals surface area contributed by atoms with Gasteiger partial charge in [-0.15, -0.1) is 0 Å². The quantitative estimate of drug-likeness (QED) is 0.805. The molecule has 90 valence electrons. The number of benzene rings is 1. The SMILES string of the molecule is Cc1ccc(C#N)c(Nc2cc(I)ccc2Cl)n1. The van der Waals surface area contributed by atoms with Gasteiger partial charge in [0.15, 0.2) is 0 Å².